The molecule has 5 nitrogen and oxygen atoms in total. The van der Waals surface area contributed by atoms with E-state index in [0.717, 1.165) is 4.47 Å². The molecule has 1 amide bonds. The standard InChI is InChI=1S/C14H18BrNO4/c1-2-20-12-8-7-10(15)9-11(12)16-13(17)5-3-4-6-14(18)19/h7-9H,2-6H2,1H3,(H,16,17)(H,18,19). The molecule has 0 bridgehead atoms. The Morgan fingerprint density at radius 3 is 2.65 bits per heavy atom. The number of ether oxygens (including phenoxy) is 1. The molecule has 20 heavy (non-hydrogen) atoms. The Hall–Kier alpha value is -1.56. The van der Waals surface area contributed by atoms with Crippen LogP contribution in [0.5, 0.6) is 5.75 Å². The minimum atomic E-state index is -0.837. The number of amides is 1. The SMILES string of the molecule is CCOc1ccc(Br)cc1NC(=O)CCCCC(=O)O. The van der Waals surface area contributed by atoms with Gasteiger partial charge in [0.15, 0.2) is 0 Å². The van der Waals surface area contributed by atoms with Gasteiger partial charge in [-0.15, -0.1) is 0 Å². The van der Waals surface area contributed by atoms with Crippen LogP contribution in [0.25, 0.3) is 0 Å². The summed E-state index contributed by atoms with van der Waals surface area (Å²) in [4.78, 5) is 22.2. The smallest absolute Gasteiger partial charge is 0.303 e. The molecule has 1 aromatic rings. The molecular formula is C14H18BrNO4. The van der Waals surface area contributed by atoms with Gasteiger partial charge in [0.2, 0.25) is 5.91 Å². The van der Waals surface area contributed by atoms with Crippen LogP contribution in [0.1, 0.15) is 32.6 Å². The highest BCUT2D eigenvalue weighted by atomic mass is 79.9. The third kappa shape index (κ3) is 6.06. The highest BCUT2D eigenvalue weighted by Gasteiger charge is 2.09. The van der Waals surface area contributed by atoms with Crippen molar-refractivity contribution < 1.29 is 19.4 Å². The summed E-state index contributed by atoms with van der Waals surface area (Å²) in [6, 6.07) is 5.40. The molecule has 0 fully saturated rings. The Morgan fingerprint density at radius 2 is 2.00 bits per heavy atom. The number of anilines is 1. The zero-order valence-electron chi connectivity index (χ0n) is 11.3. The highest BCUT2D eigenvalue weighted by Crippen LogP contribution is 2.28. The number of benzene rings is 1. The number of carboxylic acids is 1. The predicted molar refractivity (Wildman–Crippen MR) is 80.0 cm³/mol. The number of carboxylic acid groups (broad SMARTS) is 1. The van der Waals surface area contributed by atoms with Crippen LogP contribution in [0.3, 0.4) is 0 Å². The van der Waals surface area contributed by atoms with Crippen molar-refractivity contribution >= 4 is 33.5 Å². The molecule has 2 N–H and O–H groups in total. The van der Waals surface area contributed by atoms with Crippen LogP contribution in [0.2, 0.25) is 0 Å². The Morgan fingerprint density at radius 1 is 1.30 bits per heavy atom. The minimum absolute atomic E-state index is 0.0916. The molecule has 0 aliphatic heterocycles. The Kier molecular flexibility index (Phi) is 7.08. The number of aliphatic carboxylic acids is 1. The van der Waals surface area contributed by atoms with Crippen LogP contribution < -0.4 is 10.1 Å². The fraction of sp³-hybridized carbons (Fsp3) is 0.429. The van der Waals surface area contributed by atoms with Crippen LogP contribution in [0.4, 0.5) is 5.69 Å². The Balaban J connectivity index is 2.52. The summed E-state index contributed by atoms with van der Waals surface area (Å²) in [5.41, 5.74) is 0.615. The van der Waals surface area contributed by atoms with E-state index in [2.05, 4.69) is 21.2 Å². The van der Waals surface area contributed by atoms with E-state index >= 15 is 0 Å². The van der Waals surface area contributed by atoms with Gasteiger partial charge >= 0.3 is 5.97 Å². The van der Waals surface area contributed by atoms with Crippen molar-refractivity contribution in [3.05, 3.63) is 22.7 Å². The van der Waals surface area contributed by atoms with E-state index in [1.807, 2.05) is 13.0 Å². The second kappa shape index (κ2) is 8.58. The largest absolute Gasteiger partial charge is 0.492 e. The first kappa shape index (κ1) is 16.5. The topological polar surface area (TPSA) is 75.6 Å². The van der Waals surface area contributed by atoms with Gasteiger partial charge in [-0.25, -0.2) is 0 Å². The number of halogens is 1. The van der Waals surface area contributed by atoms with E-state index in [9.17, 15) is 9.59 Å². The van der Waals surface area contributed by atoms with E-state index < -0.39 is 5.97 Å². The molecule has 0 unspecified atom stereocenters. The normalized spacial score (nSPS) is 10.1. The monoisotopic (exact) mass is 343 g/mol. The number of hydrogen-bond acceptors (Lipinski definition) is 3. The molecular weight excluding hydrogens is 326 g/mol. The molecule has 6 heteroatoms. The average molecular weight is 344 g/mol. The molecule has 0 saturated carbocycles. The summed E-state index contributed by atoms with van der Waals surface area (Å²) in [5, 5.41) is 11.3. The van der Waals surface area contributed by atoms with Crippen LogP contribution in [0.15, 0.2) is 22.7 Å². The number of carbonyl (C=O) groups excluding carboxylic acids is 1. The molecule has 0 saturated heterocycles. The second-order valence-corrected chi connectivity index (χ2v) is 5.14. The number of carbonyl (C=O) groups is 2. The van der Waals surface area contributed by atoms with E-state index in [1.54, 1.807) is 12.1 Å². The molecule has 110 valence electrons. The molecule has 1 rings (SSSR count). The molecule has 1 aromatic carbocycles. The summed E-state index contributed by atoms with van der Waals surface area (Å²) in [6.45, 7) is 2.39. The maximum atomic E-state index is 11.8. The van der Waals surface area contributed by atoms with Crippen molar-refractivity contribution in [2.75, 3.05) is 11.9 Å². The number of unbranched alkanes of at least 4 members (excludes halogenated alkanes) is 1. The summed E-state index contributed by atoms with van der Waals surface area (Å²) < 4.78 is 6.29. The third-order valence-corrected chi connectivity index (χ3v) is 3.05. The van der Waals surface area contributed by atoms with Crippen LogP contribution in [-0.4, -0.2) is 23.6 Å². The van der Waals surface area contributed by atoms with Gasteiger partial charge in [0, 0.05) is 17.3 Å². The van der Waals surface area contributed by atoms with Gasteiger partial charge in [0.25, 0.3) is 0 Å². The second-order valence-electron chi connectivity index (χ2n) is 4.22. The minimum Gasteiger partial charge on any atom is -0.492 e. The van der Waals surface area contributed by atoms with Crippen molar-refractivity contribution in [2.24, 2.45) is 0 Å². The lowest BCUT2D eigenvalue weighted by Crippen LogP contribution is -2.12. The van der Waals surface area contributed by atoms with Crippen molar-refractivity contribution in [1.82, 2.24) is 0 Å². The molecule has 0 aromatic heterocycles. The maximum absolute atomic E-state index is 11.8. The maximum Gasteiger partial charge on any atom is 0.303 e. The Bertz CT molecular complexity index is 476. The number of nitrogens with one attached hydrogen (secondary N) is 1. The van der Waals surface area contributed by atoms with Crippen LogP contribution in [-0.2, 0) is 9.59 Å². The zero-order valence-corrected chi connectivity index (χ0v) is 12.9. The van der Waals surface area contributed by atoms with Gasteiger partial charge in [-0.3, -0.25) is 9.59 Å². The van der Waals surface area contributed by atoms with Gasteiger partial charge in [0.05, 0.1) is 12.3 Å². The third-order valence-electron chi connectivity index (χ3n) is 2.56. The highest BCUT2D eigenvalue weighted by molar-refractivity contribution is 9.10. The van der Waals surface area contributed by atoms with E-state index in [1.165, 1.54) is 0 Å². The van der Waals surface area contributed by atoms with Crippen LogP contribution >= 0.6 is 15.9 Å². The van der Waals surface area contributed by atoms with E-state index in [-0.39, 0.29) is 12.3 Å². The molecule has 0 spiro atoms. The van der Waals surface area contributed by atoms with Crippen molar-refractivity contribution in [2.45, 2.75) is 32.6 Å². The molecule has 0 radical (unpaired) electrons. The zero-order chi connectivity index (χ0) is 15.0. The van der Waals surface area contributed by atoms with Gasteiger partial charge in [-0.05, 0) is 38.0 Å². The van der Waals surface area contributed by atoms with Gasteiger partial charge in [0.1, 0.15) is 5.75 Å². The number of rotatable bonds is 8. The van der Waals surface area contributed by atoms with Gasteiger partial charge in [-0.1, -0.05) is 15.9 Å². The summed E-state index contributed by atoms with van der Waals surface area (Å²) in [6.07, 6.45) is 1.44. The Labute approximate surface area is 126 Å². The fourth-order valence-corrected chi connectivity index (χ4v) is 2.02. The molecule has 0 aliphatic carbocycles. The molecule has 0 heterocycles. The lowest BCUT2D eigenvalue weighted by atomic mass is 10.2. The lowest BCUT2D eigenvalue weighted by Gasteiger charge is -2.11. The first-order valence-corrected chi connectivity index (χ1v) is 7.26. The van der Waals surface area contributed by atoms with Crippen molar-refractivity contribution in [3.8, 4) is 5.75 Å². The van der Waals surface area contributed by atoms with Gasteiger partial charge < -0.3 is 15.2 Å². The first-order valence-electron chi connectivity index (χ1n) is 6.47. The van der Waals surface area contributed by atoms with Crippen molar-refractivity contribution in [1.29, 1.82) is 0 Å². The number of hydrogen-bond donors (Lipinski definition) is 2. The van der Waals surface area contributed by atoms with E-state index in [4.69, 9.17) is 9.84 Å². The first-order chi connectivity index (χ1) is 9.52. The average Bonchev–Trinajstić information content (AvgIpc) is 2.38. The summed E-state index contributed by atoms with van der Waals surface area (Å²) in [7, 11) is 0. The quantitative estimate of drug-likeness (QED) is 0.709. The predicted octanol–water partition coefficient (Wildman–Crippen LogP) is 3.43. The van der Waals surface area contributed by atoms with E-state index in [0.29, 0.717) is 37.3 Å². The lowest BCUT2D eigenvalue weighted by molar-refractivity contribution is -0.137. The molecule has 0 atom stereocenters. The summed E-state index contributed by atoms with van der Waals surface area (Å²) >= 11 is 3.35. The van der Waals surface area contributed by atoms with Crippen molar-refractivity contribution in [3.63, 3.8) is 0 Å². The summed E-state index contributed by atoms with van der Waals surface area (Å²) in [5.74, 6) is -0.361. The van der Waals surface area contributed by atoms with Gasteiger partial charge in [-0.2, -0.15) is 0 Å². The van der Waals surface area contributed by atoms with Crippen LogP contribution in [0, 0.1) is 0 Å². The fourth-order valence-electron chi connectivity index (χ4n) is 1.66. The molecule has 0 aliphatic rings.